The van der Waals surface area contributed by atoms with Gasteiger partial charge in [0.15, 0.2) is 6.23 Å². The maximum absolute atomic E-state index is 5.46. The van der Waals surface area contributed by atoms with Crippen LogP contribution in [-0.2, 0) is 4.74 Å². The number of para-hydroxylation sites is 1. The van der Waals surface area contributed by atoms with E-state index in [1.807, 2.05) is 54.6 Å². The van der Waals surface area contributed by atoms with E-state index >= 15 is 0 Å². The molecule has 0 fully saturated rings. The average Bonchev–Trinajstić information content (AvgIpc) is 2.46. The van der Waals surface area contributed by atoms with Crippen molar-refractivity contribution in [3.05, 3.63) is 60.2 Å². The van der Waals surface area contributed by atoms with Crippen molar-refractivity contribution in [1.29, 1.82) is 0 Å². The molecule has 2 aromatic carbocycles. The number of nitrogens with one attached hydrogen (secondary N) is 1. The summed E-state index contributed by atoms with van der Waals surface area (Å²) in [5, 5.41) is 3.32. The Morgan fingerprint density at radius 3 is 2.11 bits per heavy atom. The molecule has 0 spiro atoms. The zero-order chi connectivity index (χ0) is 12.8. The molecule has 0 radical (unpaired) electrons. The second kappa shape index (κ2) is 6.07. The molecular formula is C15H17NO2. The predicted octanol–water partition coefficient (Wildman–Crippen LogP) is 3.45. The summed E-state index contributed by atoms with van der Waals surface area (Å²) in [7, 11) is 3.34. The first kappa shape index (κ1) is 12.5. The lowest BCUT2D eigenvalue weighted by atomic mass is 10.2. The molecule has 94 valence electrons. The van der Waals surface area contributed by atoms with Crippen LogP contribution in [0.2, 0.25) is 0 Å². The van der Waals surface area contributed by atoms with Crippen LogP contribution in [0.5, 0.6) is 5.75 Å². The Balaban J connectivity index is 2.12. The van der Waals surface area contributed by atoms with Crippen molar-refractivity contribution in [2.24, 2.45) is 0 Å². The zero-order valence-corrected chi connectivity index (χ0v) is 10.6. The molecule has 1 atom stereocenters. The SMILES string of the molecule is COc1ccc(C(Nc2ccccc2)OC)cc1. The Kier molecular flexibility index (Phi) is 4.20. The fraction of sp³-hybridized carbons (Fsp3) is 0.200. The molecule has 0 saturated heterocycles. The fourth-order valence-electron chi connectivity index (χ4n) is 1.74. The highest BCUT2D eigenvalue weighted by atomic mass is 16.5. The molecule has 3 heteroatoms. The molecule has 3 nitrogen and oxygen atoms in total. The van der Waals surface area contributed by atoms with Crippen LogP contribution in [0.25, 0.3) is 0 Å². The lowest BCUT2D eigenvalue weighted by Gasteiger charge is -2.19. The van der Waals surface area contributed by atoms with Gasteiger partial charge < -0.3 is 14.8 Å². The third kappa shape index (κ3) is 3.02. The number of ether oxygens (including phenoxy) is 2. The first-order valence-corrected chi connectivity index (χ1v) is 5.82. The van der Waals surface area contributed by atoms with Crippen LogP contribution in [-0.4, -0.2) is 14.2 Å². The van der Waals surface area contributed by atoms with Crippen LogP contribution >= 0.6 is 0 Å². The molecule has 2 aromatic rings. The highest BCUT2D eigenvalue weighted by Crippen LogP contribution is 2.22. The van der Waals surface area contributed by atoms with Crippen LogP contribution in [0.3, 0.4) is 0 Å². The second-order valence-corrected chi connectivity index (χ2v) is 3.90. The highest BCUT2D eigenvalue weighted by Gasteiger charge is 2.09. The van der Waals surface area contributed by atoms with Crippen molar-refractivity contribution < 1.29 is 9.47 Å². The van der Waals surface area contributed by atoms with Gasteiger partial charge >= 0.3 is 0 Å². The second-order valence-electron chi connectivity index (χ2n) is 3.90. The Morgan fingerprint density at radius 2 is 1.56 bits per heavy atom. The van der Waals surface area contributed by atoms with E-state index in [9.17, 15) is 0 Å². The maximum atomic E-state index is 5.46. The molecule has 0 aliphatic heterocycles. The molecule has 0 aliphatic rings. The Hall–Kier alpha value is -2.00. The van der Waals surface area contributed by atoms with E-state index in [1.54, 1.807) is 14.2 Å². The van der Waals surface area contributed by atoms with E-state index in [0.29, 0.717) is 0 Å². The molecule has 0 heterocycles. The molecule has 0 aromatic heterocycles. The Labute approximate surface area is 107 Å². The number of hydrogen-bond donors (Lipinski definition) is 1. The van der Waals surface area contributed by atoms with Crippen molar-refractivity contribution in [3.63, 3.8) is 0 Å². The normalized spacial score (nSPS) is 11.9. The molecule has 1 unspecified atom stereocenters. The van der Waals surface area contributed by atoms with Gasteiger partial charge in [-0.25, -0.2) is 0 Å². The van der Waals surface area contributed by atoms with Crippen LogP contribution in [0.4, 0.5) is 5.69 Å². The third-order valence-electron chi connectivity index (χ3n) is 2.73. The number of benzene rings is 2. The van der Waals surface area contributed by atoms with Gasteiger partial charge in [0.25, 0.3) is 0 Å². The Morgan fingerprint density at radius 1 is 0.889 bits per heavy atom. The Bertz CT molecular complexity index is 468. The summed E-state index contributed by atoms with van der Waals surface area (Å²) in [5.74, 6) is 0.841. The molecule has 0 saturated carbocycles. The van der Waals surface area contributed by atoms with Gasteiger partial charge in [-0.3, -0.25) is 0 Å². The van der Waals surface area contributed by atoms with Gasteiger partial charge in [-0.1, -0.05) is 30.3 Å². The first-order valence-electron chi connectivity index (χ1n) is 5.82. The molecule has 0 amide bonds. The van der Waals surface area contributed by atoms with Gasteiger partial charge in [-0.2, -0.15) is 0 Å². The van der Waals surface area contributed by atoms with Gasteiger partial charge in [0.1, 0.15) is 5.75 Å². The molecule has 2 rings (SSSR count). The summed E-state index contributed by atoms with van der Waals surface area (Å²) >= 11 is 0. The average molecular weight is 243 g/mol. The van der Waals surface area contributed by atoms with Crippen molar-refractivity contribution in [2.45, 2.75) is 6.23 Å². The minimum absolute atomic E-state index is 0.168. The minimum Gasteiger partial charge on any atom is -0.497 e. The summed E-state index contributed by atoms with van der Waals surface area (Å²) < 4.78 is 10.6. The van der Waals surface area contributed by atoms with Gasteiger partial charge in [0, 0.05) is 18.4 Å². The largest absolute Gasteiger partial charge is 0.497 e. The number of anilines is 1. The van der Waals surface area contributed by atoms with E-state index in [4.69, 9.17) is 9.47 Å². The van der Waals surface area contributed by atoms with Crippen LogP contribution in [0.15, 0.2) is 54.6 Å². The van der Waals surface area contributed by atoms with Gasteiger partial charge in [-0.15, -0.1) is 0 Å². The molecule has 0 bridgehead atoms. The van der Waals surface area contributed by atoms with E-state index in [1.165, 1.54) is 0 Å². The summed E-state index contributed by atoms with van der Waals surface area (Å²) in [4.78, 5) is 0. The topological polar surface area (TPSA) is 30.5 Å². The maximum Gasteiger partial charge on any atom is 0.153 e. The van der Waals surface area contributed by atoms with E-state index in [2.05, 4.69) is 5.32 Å². The standard InChI is InChI=1S/C15H17NO2/c1-17-14-10-8-12(9-11-14)15(18-2)16-13-6-4-3-5-7-13/h3-11,15-16H,1-2H3. The highest BCUT2D eigenvalue weighted by molar-refractivity contribution is 5.44. The van der Waals surface area contributed by atoms with E-state index < -0.39 is 0 Å². The van der Waals surface area contributed by atoms with Gasteiger partial charge in [-0.05, 0) is 24.3 Å². The van der Waals surface area contributed by atoms with Crippen molar-refractivity contribution >= 4 is 5.69 Å². The summed E-state index contributed by atoms with van der Waals surface area (Å²) in [6, 6.07) is 17.8. The lowest BCUT2D eigenvalue weighted by Crippen LogP contribution is -2.12. The minimum atomic E-state index is -0.168. The van der Waals surface area contributed by atoms with Crippen molar-refractivity contribution in [2.75, 3.05) is 19.5 Å². The van der Waals surface area contributed by atoms with Crippen LogP contribution in [0.1, 0.15) is 11.8 Å². The van der Waals surface area contributed by atoms with E-state index in [-0.39, 0.29) is 6.23 Å². The fourth-order valence-corrected chi connectivity index (χ4v) is 1.74. The van der Waals surface area contributed by atoms with Gasteiger partial charge in [0.2, 0.25) is 0 Å². The molecule has 18 heavy (non-hydrogen) atoms. The number of hydrogen-bond acceptors (Lipinski definition) is 3. The molecule has 1 N–H and O–H groups in total. The summed E-state index contributed by atoms with van der Waals surface area (Å²) in [6.07, 6.45) is -0.168. The van der Waals surface area contributed by atoms with E-state index in [0.717, 1.165) is 17.0 Å². The lowest BCUT2D eigenvalue weighted by molar-refractivity contribution is 0.127. The molecule has 0 aliphatic carbocycles. The number of methoxy groups -OCH3 is 2. The van der Waals surface area contributed by atoms with Crippen LogP contribution in [0, 0.1) is 0 Å². The quantitative estimate of drug-likeness (QED) is 0.816. The van der Waals surface area contributed by atoms with Gasteiger partial charge in [0.05, 0.1) is 7.11 Å². The summed E-state index contributed by atoms with van der Waals surface area (Å²) in [5.41, 5.74) is 2.09. The van der Waals surface area contributed by atoms with Crippen molar-refractivity contribution in [3.8, 4) is 5.75 Å². The molecular weight excluding hydrogens is 226 g/mol. The first-order chi connectivity index (χ1) is 8.83. The smallest absolute Gasteiger partial charge is 0.153 e. The monoisotopic (exact) mass is 243 g/mol. The third-order valence-corrected chi connectivity index (χ3v) is 2.73. The predicted molar refractivity (Wildman–Crippen MR) is 72.8 cm³/mol. The zero-order valence-electron chi connectivity index (χ0n) is 10.6. The van der Waals surface area contributed by atoms with Crippen LogP contribution < -0.4 is 10.1 Å². The van der Waals surface area contributed by atoms with Crippen molar-refractivity contribution in [1.82, 2.24) is 0 Å². The number of rotatable bonds is 5. The summed E-state index contributed by atoms with van der Waals surface area (Å²) in [6.45, 7) is 0.